The van der Waals surface area contributed by atoms with Crippen molar-refractivity contribution >= 4 is 75.3 Å². The molecule has 0 atom stereocenters. The third-order valence-corrected chi connectivity index (χ3v) is 10.1. The first-order valence-corrected chi connectivity index (χ1v) is 15.9. The molecule has 0 spiro atoms. The first kappa shape index (κ1) is 24.6. The van der Waals surface area contributed by atoms with Crippen LogP contribution >= 0.6 is 11.3 Å². The number of para-hydroxylation sites is 3. The standard InChI is InChI=1S/C40H24N4S/c1-3-11-26(12-4-1)43-32-17-9-7-16-29(32)37-33(43)21-22-34-38(37)30-20-19-25(23-35(30)44(34)27-13-5-2-6-14-27)39-41-24-31-28-15-8-10-18-36(28)45-40(31)42-39/h1-24H. The zero-order valence-electron chi connectivity index (χ0n) is 24.1. The molecule has 0 saturated carbocycles. The molecule has 0 amide bonds. The van der Waals surface area contributed by atoms with Crippen LogP contribution in [0.25, 0.3) is 86.7 Å². The van der Waals surface area contributed by atoms with Crippen LogP contribution < -0.4 is 0 Å². The second-order valence-corrected chi connectivity index (χ2v) is 12.5. The van der Waals surface area contributed by atoms with E-state index in [1.165, 1.54) is 48.2 Å². The zero-order chi connectivity index (χ0) is 29.5. The van der Waals surface area contributed by atoms with E-state index < -0.39 is 0 Å². The SMILES string of the molecule is c1ccc(-n2c3ccccc3c3c4c5ccc(-c6ncc7c(n6)sc6ccccc67)cc5n(-c5ccccc5)c4ccc32)cc1. The fourth-order valence-electron chi connectivity index (χ4n) is 7.07. The van der Waals surface area contributed by atoms with Crippen LogP contribution in [0.15, 0.2) is 146 Å². The van der Waals surface area contributed by atoms with E-state index in [2.05, 4.69) is 149 Å². The van der Waals surface area contributed by atoms with Crippen molar-refractivity contribution in [3.05, 3.63) is 146 Å². The molecule has 4 heterocycles. The first-order valence-electron chi connectivity index (χ1n) is 15.1. The van der Waals surface area contributed by atoms with Gasteiger partial charge in [-0.15, -0.1) is 11.3 Å². The fraction of sp³-hybridized carbons (Fsp3) is 0. The highest BCUT2D eigenvalue weighted by Crippen LogP contribution is 2.43. The maximum atomic E-state index is 5.07. The molecule has 0 fully saturated rings. The third kappa shape index (κ3) is 3.53. The van der Waals surface area contributed by atoms with Gasteiger partial charge in [0.25, 0.3) is 0 Å². The lowest BCUT2D eigenvalue weighted by Crippen LogP contribution is -1.95. The molecule has 0 unspecified atom stereocenters. The molecule has 5 heteroatoms. The van der Waals surface area contributed by atoms with Gasteiger partial charge < -0.3 is 9.13 Å². The van der Waals surface area contributed by atoms with E-state index in [1.54, 1.807) is 11.3 Å². The van der Waals surface area contributed by atoms with Crippen molar-refractivity contribution in [1.29, 1.82) is 0 Å². The number of hydrogen-bond acceptors (Lipinski definition) is 3. The lowest BCUT2D eigenvalue weighted by molar-refractivity contribution is 1.17. The number of nitrogens with zero attached hydrogens (tertiary/aromatic N) is 4. The predicted molar refractivity (Wildman–Crippen MR) is 189 cm³/mol. The van der Waals surface area contributed by atoms with E-state index in [0.717, 1.165) is 38.5 Å². The molecule has 4 nitrogen and oxygen atoms in total. The molecule has 0 N–H and O–H groups in total. The van der Waals surface area contributed by atoms with Gasteiger partial charge in [0.15, 0.2) is 5.82 Å². The topological polar surface area (TPSA) is 35.6 Å². The lowest BCUT2D eigenvalue weighted by Gasteiger charge is -2.09. The summed E-state index contributed by atoms with van der Waals surface area (Å²) in [6.07, 6.45) is 1.98. The Morgan fingerprint density at radius 2 is 1.07 bits per heavy atom. The molecule has 10 rings (SSSR count). The van der Waals surface area contributed by atoms with Crippen LogP contribution in [0.4, 0.5) is 0 Å². The van der Waals surface area contributed by atoms with Crippen LogP contribution in [0.2, 0.25) is 0 Å². The summed E-state index contributed by atoms with van der Waals surface area (Å²) in [6, 6.07) is 49.8. The van der Waals surface area contributed by atoms with E-state index in [-0.39, 0.29) is 0 Å². The van der Waals surface area contributed by atoms with Gasteiger partial charge in [0.2, 0.25) is 0 Å². The molecule has 0 radical (unpaired) electrons. The van der Waals surface area contributed by atoms with Crippen molar-refractivity contribution in [3.63, 3.8) is 0 Å². The number of aromatic nitrogens is 4. The number of thiophene rings is 1. The molecule has 0 aliphatic rings. The molecular formula is C40H24N4S. The summed E-state index contributed by atoms with van der Waals surface area (Å²) in [5.74, 6) is 0.742. The quantitative estimate of drug-likeness (QED) is 0.205. The normalized spacial score (nSPS) is 12.0. The van der Waals surface area contributed by atoms with Gasteiger partial charge in [-0.3, -0.25) is 0 Å². The zero-order valence-corrected chi connectivity index (χ0v) is 24.9. The minimum Gasteiger partial charge on any atom is -0.309 e. The van der Waals surface area contributed by atoms with Gasteiger partial charge in [0.1, 0.15) is 4.83 Å². The van der Waals surface area contributed by atoms with Gasteiger partial charge >= 0.3 is 0 Å². The maximum absolute atomic E-state index is 5.07. The Labute approximate surface area is 262 Å². The molecule has 6 aromatic carbocycles. The van der Waals surface area contributed by atoms with Crippen molar-refractivity contribution < 1.29 is 0 Å². The van der Waals surface area contributed by atoms with Crippen molar-refractivity contribution in [2.45, 2.75) is 0 Å². The summed E-state index contributed by atoms with van der Waals surface area (Å²) in [5, 5.41) is 7.30. The van der Waals surface area contributed by atoms with E-state index in [1.807, 2.05) is 6.20 Å². The van der Waals surface area contributed by atoms with Crippen molar-refractivity contribution in [2.75, 3.05) is 0 Å². The molecule has 45 heavy (non-hydrogen) atoms. The van der Waals surface area contributed by atoms with Crippen molar-refractivity contribution in [2.24, 2.45) is 0 Å². The van der Waals surface area contributed by atoms with Crippen LogP contribution in [0.3, 0.4) is 0 Å². The summed E-state index contributed by atoms with van der Waals surface area (Å²) >= 11 is 1.72. The fourth-order valence-corrected chi connectivity index (χ4v) is 8.11. The largest absolute Gasteiger partial charge is 0.309 e. The Bertz CT molecular complexity index is 2750. The Morgan fingerprint density at radius 1 is 0.467 bits per heavy atom. The van der Waals surface area contributed by atoms with Gasteiger partial charge in [-0.05, 0) is 54.6 Å². The summed E-state index contributed by atoms with van der Waals surface area (Å²) in [7, 11) is 0. The average molecular weight is 593 g/mol. The minimum absolute atomic E-state index is 0.742. The highest BCUT2D eigenvalue weighted by atomic mass is 32.1. The van der Waals surface area contributed by atoms with Gasteiger partial charge in [0, 0.05) is 60.2 Å². The Morgan fingerprint density at radius 3 is 1.80 bits per heavy atom. The molecule has 210 valence electrons. The monoisotopic (exact) mass is 592 g/mol. The Kier molecular flexibility index (Phi) is 5.12. The predicted octanol–water partition coefficient (Wildman–Crippen LogP) is 10.7. The molecule has 0 aliphatic heterocycles. The van der Waals surface area contributed by atoms with E-state index in [4.69, 9.17) is 9.97 Å². The second-order valence-electron chi connectivity index (χ2n) is 11.5. The van der Waals surface area contributed by atoms with E-state index in [0.29, 0.717) is 0 Å². The minimum atomic E-state index is 0.742. The Hall–Kier alpha value is -5.78. The summed E-state index contributed by atoms with van der Waals surface area (Å²) < 4.78 is 6.01. The molecule has 4 aromatic heterocycles. The van der Waals surface area contributed by atoms with Crippen LogP contribution in [0, 0.1) is 0 Å². The molecule has 0 bridgehead atoms. The van der Waals surface area contributed by atoms with Gasteiger partial charge in [-0.1, -0.05) is 84.9 Å². The smallest absolute Gasteiger partial charge is 0.160 e. The second kappa shape index (κ2) is 9.36. The summed E-state index contributed by atoms with van der Waals surface area (Å²) in [6.45, 7) is 0. The Balaban J connectivity index is 1.30. The van der Waals surface area contributed by atoms with Gasteiger partial charge in [-0.25, -0.2) is 9.97 Å². The van der Waals surface area contributed by atoms with Crippen LogP contribution in [0.1, 0.15) is 0 Å². The van der Waals surface area contributed by atoms with Gasteiger partial charge in [-0.2, -0.15) is 0 Å². The lowest BCUT2D eigenvalue weighted by atomic mass is 10.0. The highest BCUT2D eigenvalue weighted by molar-refractivity contribution is 7.25. The molecule has 0 aliphatic carbocycles. The van der Waals surface area contributed by atoms with Crippen LogP contribution in [0.5, 0.6) is 0 Å². The molecule has 0 saturated heterocycles. The van der Waals surface area contributed by atoms with Crippen molar-refractivity contribution in [1.82, 2.24) is 19.1 Å². The van der Waals surface area contributed by atoms with Crippen LogP contribution in [-0.4, -0.2) is 19.1 Å². The summed E-state index contributed by atoms with van der Waals surface area (Å²) in [5.41, 5.74) is 8.01. The van der Waals surface area contributed by atoms with E-state index >= 15 is 0 Å². The summed E-state index contributed by atoms with van der Waals surface area (Å²) in [4.78, 5) is 11.0. The molecule has 10 aromatic rings. The maximum Gasteiger partial charge on any atom is 0.160 e. The molecular weight excluding hydrogens is 569 g/mol. The number of hydrogen-bond donors (Lipinski definition) is 0. The third-order valence-electron chi connectivity index (χ3n) is 8.99. The van der Waals surface area contributed by atoms with Crippen molar-refractivity contribution in [3.8, 4) is 22.8 Å². The number of fused-ring (bicyclic) bond motifs is 10. The van der Waals surface area contributed by atoms with E-state index in [9.17, 15) is 0 Å². The first-order chi connectivity index (χ1) is 22.3. The van der Waals surface area contributed by atoms with Gasteiger partial charge in [0.05, 0.1) is 22.1 Å². The van der Waals surface area contributed by atoms with Crippen LogP contribution in [-0.2, 0) is 0 Å². The number of rotatable bonds is 3. The highest BCUT2D eigenvalue weighted by Gasteiger charge is 2.21. The number of benzene rings is 6. The average Bonchev–Trinajstić information content (AvgIpc) is 3.75.